The number of nitrogens with one attached hydrogen (secondary N) is 1. The predicted octanol–water partition coefficient (Wildman–Crippen LogP) is 4.29. The first-order valence-electron chi connectivity index (χ1n) is 7.13. The molecule has 0 atom stereocenters. The first kappa shape index (κ1) is 18.8. The summed E-state index contributed by atoms with van der Waals surface area (Å²) in [5, 5.41) is 12.9. The van der Waals surface area contributed by atoms with Crippen molar-refractivity contribution < 1.29 is 14.7 Å². The lowest BCUT2D eigenvalue weighted by Crippen LogP contribution is -2.54. The highest BCUT2D eigenvalue weighted by Crippen LogP contribution is 2.32. The third-order valence-corrected chi connectivity index (χ3v) is 4.86. The molecule has 0 aliphatic carbocycles. The number of carbonyl (C=O) groups excluding carboxylic acids is 2. The maximum Gasteiger partial charge on any atom is 0.270 e. The van der Waals surface area contributed by atoms with Crippen LogP contribution in [0.4, 0.5) is 5.69 Å². The van der Waals surface area contributed by atoms with Gasteiger partial charge in [-0.1, -0.05) is 39.1 Å². The zero-order valence-electron chi connectivity index (χ0n) is 12.8. The summed E-state index contributed by atoms with van der Waals surface area (Å²) in [5.41, 5.74) is 0.390. The quantitative estimate of drug-likeness (QED) is 0.389. The van der Waals surface area contributed by atoms with E-state index in [1.54, 1.807) is 18.2 Å². The van der Waals surface area contributed by atoms with Gasteiger partial charge in [0.1, 0.15) is 11.3 Å². The molecule has 26 heavy (non-hydrogen) atoms. The second kappa shape index (κ2) is 7.36. The van der Waals surface area contributed by atoms with Gasteiger partial charge in [-0.2, -0.15) is 0 Å². The molecule has 0 spiro atoms. The van der Waals surface area contributed by atoms with Crippen molar-refractivity contribution in [3.05, 3.63) is 62.1 Å². The smallest absolute Gasteiger partial charge is 0.270 e. The first-order chi connectivity index (χ1) is 12.3. The van der Waals surface area contributed by atoms with Crippen molar-refractivity contribution >= 4 is 80.0 Å². The average molecular weight is 472 g/mol. The van der Waals surface area contributed by atoms with Crippen LogP contribution in [0.5, 0.6) is 5.75 Å². The number of halogens is 3. The summed E-state index contributed by atoms with van der Waals surface area (Å²) < 4.78 is 0.680. The Balaban J connectivity index is 2.08. The van der Waals surface area contributed by atoms with Crippen LogP contribution in [0.2, 0.25) is 10.0 Å². The van der Waals surface area contributed by atoms with Gasteiger partial charge in [0, 0.05) is 15.1 Å². The average Bonchev–Trinajstić information content (AvgIpc) is 2.56. The van der Waals surface area contributed by atoms with Crippen molar-refractivity contribution in [1.29, 1.82) is 0 Å². The van der Waals surface area contributed by atoms with E-state index < -0.39 is 11.8 Å². The van der Waals surface area contributed by atoms with Gasteiger partial charge in [-0.15, -0.1) is 0 Å². The molecule has 2 amide bonds. The van der Waals surface area contributed by atoms with E-state index in [4.69, 9.17) is 35.4 Å². The van der Waals surface area contributed by atoms with E-state index in [1.165, 1.54) is 24.3 Å². The highest BCUT2D eigenvalue weighted by atomic mass is 79.9. The molecule has 3 rings (SSSR count). The molecule has 2 aromatic rings. The summed E-state index contributed by atoms with van der Waals surface area (Å²) in [5.74, 6) is -1.41. The molecule has 1 aliphatic rings. The molecule has 2 aromatic carbocycles. The fourth-order valence-electron chi connectivity index (χ4n) is 2.34. The summed E-state index contributed by atoms with van der Waals surface area (Å²) in [6.07, 6.45) is 1.29. The Hall–Kier alpha value is -1.93. The van der Waals surface area contributed by atoms with Gasteiger partial charge in [-0.3, -0.25) is 19.8 Å². The molecular weight excluding hydrogens is 463 g/mol. The van der Waals surface area contributed by atoms with Gasteiger partial charge in [0.15, 0.2) is 5.11 Å². The highest BCUT2D eigenvalue weighted by molar-refractivity contribution is 9.10. The van der Waals surface area contributed by atoms with Crippen molar-refractivity contribution in [3.8, 4) is 5.75 Å². The van der Waals surface area contributed by atoms with E-state index in [0.29, 0.717) is 15.1 Å². The van der Waals surface area contributed by atoms with E-state index in [0.717, 1.165) is 4.90 Å². The number of amides is 2. The normalized spacial score (nSPS) is 16.2. The minimum absolute atomic E-state index is 0.0782. The number of aromatic hydroxyl groups is 1. The largest absolute Gasteiger partial charge is 0.507 e. The third kappa shape index (κ3) is 3.61. The Labute approximate surface area is 172 Å². The van der Waals surface area contributed by atoms with E-state index in [1.807, 2.05) is 0 Å². The number of carbonyl (C=O) groups is 2. The van der Waals surface area contributed by atoms with E-state index in [2.05, 4.69) is 21.2 Å². The summed E-state index contributed by atoms with van der Waals surface area (Å²) in [6, 6.07) is 9.21. The van der Waals surface area contributed by atoms with Crippen LogP contribution in [0, 0.1) is 0 Å². The van der Waals surface area contributed by atoms with Crippen LogP contribution in [0.3, 0.4) is 0 Å². The predicted molar refractivity (Wildman–Crippen MR) is 108 cm³/mol. The van der Waals surface area contributed by atoms with Crippen LogP contribution in [0.15, 0.2) is 46.4 Å². The van der Waals surface area contributed by atoms with E-state index in [-0.39, 0.29) is 27.1 Å². The number of hydrogen-bond acceptors (Lipinski definition) is 4. The van der Waals surface area contributed by atoms with Crippen molar-refractivity contribution in [2.45, 2.75) is 0 Å². The third-order valence-electron chi connectivity index (χ3n) is 3.54. The lowest BCUT2D eigenvalue weighted by atomic mass is 10.1. The van der Waals surface area contributed by atoms with Gasteiger partial charge < -0.3 is 5.11 Å². The van der Waals surface area contributed by atoms with Crippen LogP contribution in [-0.2, 0) is 9.59 Å². The number of anilines is 1. The van der Waals surface area contributed by atoms with Crippen molar-refractivity contribution in [3.63, 3.8) is 0 Å². The van der Waals surface area contributed by atoms with Gasteiger partial charge in [0.2, 0.25) is 0 Å². The molecule has 1 aliphatic heterocycles. The van der Waals surface area contributed by atoms with Gasteiger partial charge >= 0.3 is 0 Å². The maximum atomic E-state index is 12.9. The Morgan fingerprint density at radius 3 is 2.58 bits per heavy atom. The van der Waals surface area contributed by atoms with Crippen LogP contribution in [-0.4, -0.2) is 22.0 Å². The van der Waals surface area contributed by atoms with Crippen LogP contribution < -0.4 is 10.2 Å². The fourth-order valence-corrected chi connectivity index (χ4v) is 3.48. The monoisotopic (exact) mass is 470 g/mol. The van der Waals surface area contributed by atoms with Crippen molar-refractivity contribution in [2.24, 2.45) is 0 Å². The molecule has 9 heteroatoms. The minimum Gasteiger partial charge on any atom is -0.507 e. The summed E-state index contributed by atoms with van der Waals surface area (Å²) in [6.45, 7) is 0. The molecular formula is C17H9BrCl2N2O3S. The van der Waals surface area contributed by atoms with Crippen molar-refractivity contribution in [2.75, 3.05) is 4.90 Å². The molecule has 1 saturated heterocycles. The first-order valence-corrected chi connectivity index (χ1v) is 9.08. The number of hydrogen-bond donors (Lipinski definition) is 2. The fraction of sp³-hybridized carbons (Fsp3) is 0. The number of phenolic OH excluding ortho intramolecular Hbond substituents is 1. The topological polar surface area (TPSA) is 69.6 Å². The second-order valence-electron chi connectivity index (χ2n) is 5.26. The Bertz CT molecular complexity index is 994. The molecule has 0 radical (unpaired) electrons. The molecule has 132 valence electrons. The zero-order chi connectivity index (χ0) is 19.0. The molecule has 0 bridgehead atoms. The van der Waals surface area contributed by atoms with Crippen LogP contribution >= 0.6 is 51.3 Å². The molecule has 0 aromatic heterocycles. The number of thiocarbonyl (C=S) groups is 1. The number of phenols is 1. The lowest BCUT2D eigenvalue weighted by Gasteiger charge is -2.29. The second-order valence-corrected chi connectivity index (χ2v) is 7.40. The lowest BCUT2D eigenvalue weighted by molar-refractivity contribution is -0.122. The highest BCUT2D eigenvalue weighted by Gasteiger charge is 2.35. The zero-order valence-corrected chi connectivity index (χ0v) is 16.7. The Morgan fingerprint density at radius 1 is 1.15 bits per heavy atom. The standard InChI is InChI=1S/C17H9BrCl2N2O3S/c18-9-1-4-14(23)8(5-9)6-11-15(24)21-17(26)22(16(11)25)13-3-2-10(19)7-12(13)20/h1-7,23H,(H,21,24,26). The SMILES string of the molecule is O=C1NC(=S)N(c2ccc(Cl)cc2Cl)C(=O)C1=Cc1cc(Br)ccc1O. The molecule has 0 saturated carbocycles. The Morgan fingerprint density at radius 2 is 1.88 bits per heavy atom. The molecule has 2 N–H and O–H groups in total. The maximum absolute atomic E-state index is 12.9. The van der Waals surface area contributed by atoms with Gasteiger partial charge in [-0.05, 0) is 54.7 Å². The molecule has 0 unspecified atom stereocenters. The summed E-state index contributed by atoms with van der Waals surface area (Å²) >= 11 is 20.4. The number of rotatable bonds is 2. The number of benzene rings is 2. The molecule has 1 heterocycles. The van der Waals surface area contributed by atoms with E-state index in [9.17, 15) is 14.7 Å². The summed E-state index contributed by atoms with van der Waals surface area (Å²) in [7, 11) is 0. The van der Waals surface area contributed by atoms with E-state index >= 15 is 0 Å². The van der Waals surface area contributed by atoms with Crippen LogP contribution in [0.25, 0.3) is 6.08 Å². The molecule has 5 nitrogen and oxygen atoms in total. The minimum atomic E-state index is -0.666. The van der Waals surface area contributed by atoms with Crippen LogP contribution in [0.1, 0.15) is 5.56 Å². The van der Waals surface area contributed by atoms with Gasteiger partial charge in [0.05, 0.1) is 10.7 Å². The van der Waals surface area contributed by atoms with Gasteiger partial charge in [0.25, 0.3) is 11.8 Å². The van der Waals surface area contributed by atoms with Gasteiger partial charge in [-0.25, -0.2) is 0 Å². The molecule has 1 fully saturated rings. The Kier molecular flexibility index (Phi) is 5.34. The summed E-state index contributed by atoms with van der Waals surface area (Å²) in [4.78, 5) is 26.3. The van der Waals surface area contributed by atoms with Crippen molar-refractivity contribution in [1.82, 2.24) is 5.32 Å². The number of nitrogens with zero attached hydrogens (tertiary/aromatic N) is 1.